The number of nitrogens with zero attached hydrogens (tertiary/aromatic N) is 5. The molecule has 1 saturated heterocycles. The maximum atomic E-state index is 6.14. The number of para-hydroxylation sites is 1. The minimum absolute atomic E-state index is 0.160. The molecule has 0 aliphatic carbocycles. The SMILES string of the molecule is COC(OC(C)(C)C)N1CCC(c2cc(N(C)C)n3ncc(C4=Cc5ccccc5NC4C)c3n2)CC1. The Morgan fingerprint density at radius 3 is 2.54 bits per heavy atom. The summed E-state index contributed by atoms with van der Waals surface area (Å²) in [7, 11) is 5.85. The van der Waals surface area contributed by atoms with Crippen LogP contribution in [-0.4, -0.2) is 71.8 Å². The smallest absolute Gasteiger partial charge is 0.218 e. The van der Waals surface area contributed by atoms with E-state index in [0.29, 0.717) is 5.92 Å². The summed E-state index contributed by atoms with van der Waals surface area (Å²) in [5.74, 6) is 1.41. The van der Waals surface area contributed by atoms with Crippen molar-refractivity contribution in [1.82, 2.24) is 19.5 Å². The second kappa shape index (κ2) is 10.1. The first-order valence-electron chi connectivity index (χ1n) is 13.2. The Balaban J connectivity index is 1.46. The molecule has 2 aromatic heterocycles. The average molecular weight is 505 g/mol. The van der Waals surface area contributed by atoms with Crippen LogP contribution < -0.4 is 10.2 Å². The summed E-state index contributed by atoms with van der Waals surface area (Å²) in [6.07, 6.45) is 5.91. The van der Waals surface area contributed by atoms with Gasteiger partial charge in [-0.25, -0.2) is 4.98 Å². The van der Waals surface area contributed by atoms with Gasteiger partial charge in [0, 0.05) is 69.3 Å². The van der Waals surface area contributed by atoms with Gasteiger partial charge in [0.2, 0.25) is 6.41 Å². The quantitative estimate of drug-likeness (QED) is 0.470. The average Bonchev–Trinajstić information content (AvgIpc) is 3.29. The number of likely N-dealkylation sites (tertiary alicyclic amines) is 1. The monoisotopic (exact) mass is 504 g/mol. The van der Waals surface area contributed by atoms with Gasteiger partial charge in [-0.3, -0.25) is 4.90 Å². The number of rotatable bonds is 6. The zero-order valence-electron chi connectivity index (χ0n) is 23.2. The summed E-state index contributed by atoms with van der Waals surface area (Å²) >= 11 is 0. The van der Waals surface area contributed by atoms with Crippen molar-refractivity contribution in [2.24, 2.45) is 0 Å². The van der Waals surface area contributed by atoms with Gasteiger partial charge >= 0.3 is 0 Å². The highest BCUT2D eigenvalue weighted by Gasteiger charge is 2.31. The topological polar surface area (TPSA) is 67.2 Å². The minimum Gasteiger partial charge on any atom is -0.378 e. The molecule has 0 radical (unpaired) electrons. The first kappa shape index (κ1) is 25.7. The fourth-order valence-electron chi connectivity index (χ4n) is 5.35. The number of hydrogen-bond acceptors (Lipinski definition) is 7. The number of nitrogens with one attached hydrogen (secondary N) is 1. The molecule has 0 saturated carbocycles. The number of anilines is 2. The van der Waals surface area contributed by atoms with E-state index in [4.69, 9.17) is 19.6 Å². The van der Waals surface area contributed by atoms with Crippen molar-refractivity contribution >= 4 is 28.8 Å². The van der Waals surface area contributed by atoms with E-state index in [1.807, 2.05) is 10.7 Å². The largest absolute Gasteiger partial charge is 0.378 e. The normalized spacial score (nSPS) is 19.9. The van der Waals surface area contributed by atoms with Crippen molar-refractivity contribution in [3.05, 3.63) is 53.3 Å². The van der Waals surface area contributed by atoms with Crippen LogP contribution in [0.15, 0.2) is 36.5 Å². The fourth-order valence-corrected chi connectivity index (χ4v) is 5.35. The summed E-state index contributed by atoms with van der Waals surface area (Å²) in [4.78, 5) is 9.65. The summed E-state index contributed by atoms with van der Waals surface area (Å²) in [6.45, 7) is 10.2. The van der Waals surface area contributed by atoms with Crippen molar-refractivity contribution in [3.8, 4) is 0 Å². The number of methoxy groups -OCH3 is 1. The first-order valence-corrected chi connectivity index (χ1v) is 13.2. The number of piperidine rings is 1. The predicted octanol–water partition coefficient (Wildman–Crippen LogP) is 5.07. The van der Waals surface area contributed by atoms with Gasteiger partial charge in [0.1, 0.15) is 5.82 Å². The molecule has 2 atom stereocenters. The van der Waals surface area contributed by atoms with Crippen LogP contribution in [0.2, 0.25) is 0 Å². The molecule has 5 rings (SSSR count). The maximum Gasteiger partial charge on any atom is 0.218 e. The highest BCUT2D eigenvalue weighted by atomic mass is 16.7. The third-order valence-corrected chi connectivity index (χ3v) is 7.25. The number of fused-ring (bicyclic) bond motifs is 2. The van der Waals surface area contributed by atoms with Crippen LogP contribution in [0.1, 0.15) is 63.3 Å². The lowest BCUT2D eigenvalue weighted by atomic mass is 9.92. The number of ether oxygens (including phenoxy) is 2. The molecule has 3 aromatic rings. The molecular formula is C29H40N6O2. The molecule has 1 aromatic carbocycles. The van der Waals surface area contributed by atoms with Crippen molar-refractivity contribution in [2.45, 2.75) is 64.5 Å². The molecule has 0 spiro atoms. The van der Waals surface area contributed by atoms with Crippen molar-refractivity contribution in [1.29, 1.82) is 0 Å². The van der Waals surface area contributed by atoms with Crippen LogP contribution in [0, 0.1) is 0 Å². The first-order chi connectivity index (χ1) is 17.6. The molecule has 8 nitrogen and oxygen atoms in total. The molecule has 198 valence electrons. The van der Waals surface area contributed by atoms with E-state index in [-0.39, 0.29) is 18.1 Å². The zero-order chi connectivity index (χ0) is 26.3. The van der Waals surface area contributed by atoms with Gasteiger partial charge in [-0.05, 0) is 63.8 Å². The molecule has 4 heterocycles. The number of benzene rings is 1. The highest BCUT2D eigenvalue weighted by molar-refractivity contribution is 5.95. The summed E-state index contributed by atoms with van der Waals surface area (Å²) in [6, 6.07) is 10.8. The third kappa shape index (κ3) is 5.23. The summed E-state index contributed by atoms with van der Waals surface area (Å²) < 4.78 is 13.8. The molecule has 2 unspecified atom stereocenters. The number of hydrogen-bond donors (Lipinski definition) is 1. The van der Waals surface area contributed by atoms with E-state index in [9.17, 15) is 0 Å². The highest BCUT2D eigenvalue weighted by Crippen LogP contribution is 2.36. The number of aromatic nitrogens is 3. The van der Waals surface area contributed by atoms with Crippen molar-refractivity contribution in [3.63, 3.8) is 0 Å². The molecule has 1 N–H and O–H groups in total. The van der Waals surface area contributed by atoms with Gasteiger partial charge < -0.3 is 19.7 Å². The Morgan fingerprint density at radius 2 is 1.86 bits per heavy atom. The summed E-state index contributed by atoms with van der Waals surface area (Å²) in [5, 5.41) is 8.42. The molecule has 0 amide bonds. The van der Waals surface area contributed by atoms with Gasteiger partial charge in [0.05, 0.1) is 11.8 Å². The van der Waals surface area contributed by atoms with Crippen LogP contribution in [-0.2, 0) is 9.47 Å². The lowest BCUT2D eigenvalue weighted by Crippen LogP contribution is -2.46. The molecular weight excluding hydrogens is 464 g/mol. The van der Waals surface area contributed by atoms with Gasteiger partial charge in [-0.1, -0.05) is 18.2 Å². The molecule has 2 aliphatic rings. The minimum atomic E-state index is -0.328. The Labute approximate surface area is 220 Å². The maximum absolute atomic E-state index is 6.14. The van der Waals surface area contributed by atoms with Crippen molar-refractivity contribution in [2.75, 3.05) is 44.5 Å². The second-order valence-electron chi connectivity index (χ2n) is 11.4. The Hall–Kier alpha value is -2.94. The Kier molecular flexibility index (Phi) is 7.00. The van der Waals surface area contributed by atoms with Gasteiger partial charge in [0.15, 0.2) is 5.65 Å². The fraction of sp³-hybridized carbons (Fsp3) is 0.517. The van der Waals surface area contributed by atoms with Crippen molar-refractivity contribution < 1.29 is 9.47 Å². The van der Waals surface area contributed by atoms with Crippen LogP contribution in [0.3, 0.4) is 0 Å². The third-order valence-electron chi connectivity index (χ3n) is 7.25. The molecule has 2 aliphatic heterocycles. The van der Waals surface area contributed by atoms with E-state index < -0.39 is 0 Å². The standard InChI is InChI=1S/C29H40N6O2/c1-19-22(16-21-10-8-9-11-24(21)31-19)23-18-30-35-26(33(5)6)17-25(32-27(23)35)20-12-14-34(15-13-20)28(36-7)37-29(2,3)4/h8-11,16-20,28,31H,12-15H2,1-7H3. The Bertz CT molecular complexity index is 1280. The zero-order valence-corrected chi connectivity index (χ0v) is 23.2. The molecule has 1 fully saturated rings. The van der Waals surface area contributed by atoms with E-state index in [2.05, 4.69) is 93.3 Å². The van der Waals surface area contributed by atoms with Gasteiger partial charge in [0.25, 0.3) is 0 Å². The molecule has 37 heavy (non-hydrogen) atoms. The summed E-state index contributed by atoms with van der Waals surface area (Å²) in [5.41, 5.74) is 6.42. The van der Waals surface area contributed by atoms with Crippen LogP contribution in [0.25, 0.3) is 17.3 Å². The van der Waals surface area contributed by atoms with Crippen LogP contribution in [0.5, 0.6) is 0 Å². The van der Waals surface area contributed by atoms with Crippen LogP contribution in [0.4, 0.5) is 11.5 Å². The molecule has 8 heteroatoms. The van der Waals surface area contributed by atoms with E-state index >= 15 is 0 Å². The molecule has 0 bridgehead atoms. The van der Waals surface area contributed by atoms with E-state index in [1.165, 1.54) is 11.1 Å². The van der Waals surface area contributed by atoms with E-state index in [1.54, 1.807) is 7.11 Å². The lowest BCUT2D eigenvalue weighted by Gasteiger charge is -2.38. The van der Waals surface area contributed by atoms with Gasteiger partial charge in [-0.15, -0.1) is 0 Å². The van der Waals surface area contributed by atoms with E-state index in [0.717, 1.165) is 54.3 Å². The van der Waals surface area contributed by atoms with Crippen LogP contribution >= 0.6 is 0 Å². The predicted molar refractivity (Wildman–Crippen MR) is 150 cm³/mol. The van der Waals surface area contributed by atoms with Gasteiger partial charge in [-0.2, -0.15) is 9.61 Å². The lowest BCUT2D eigenvalue weighted by molar-refractivity contribution is -0.255. The Morgan fingerprint density at radius 1 is 1.14 bits per heavy atom. The second-order valence-corrected chi connectivity index (χ2v) is 11.4.